The van der Waals surface area contributed by atoms with Gasteiger partial charge in [-0.25, -0.2) is 14.3 Å². The van der Waals surface area contributed by atoms with Gasteiger partial charge in [0.25, 0.3) is 0 Å². The lowest BCUT2D eigenvalue weighted by Crippen LogP contribution is -2.07. The van der Waals surface area contributed by atoms with Crippen molar-refractivity contribution in [1.82, 2.24) is 14.6 Å². The Bertz CT molecular complexity index is 1560. The zero-order valence-corrected chi connectivity index (χ0v) is 18.3. The Hall–Kier alpha value is -4.05. The number of anilines is 1. The highest BCUT2D eigenvalue weighted by Gasteiger charge is 2.17. The minimum absolute atomic E-state index is 0.134. The molecule has 158 valence electrons. The quantitative estimate of drug-likeness (QED) is 0.270. The summed E-state index contributed by atoms with van der Waals surface area (Å²) in [6.45, 7) is 0. The van der Waals surface area contributed by atoms with E-state index in [4.69, 9.17) is 14.9 Å². The highest BCUT2D eigenvalue weighted by molar-refractivity contribution is 9.10. The van der Waals surface area contributed by atoms with Crippen LogP contribution in [0.2, 0.25) is 0 Å². The number of nitrogens with zero attached hydrogens (tertiary/aromatic N) is 5. The number of rotatable bonds is 4. The van der Waals surface area contributed by atoms with E-state index in [0.717, 1.165) is 9.86 Å². The molecule has 0 fully saturated rings. The van der Waals surface area contributed by atoms with Gasteiger partial charge in [0.05, 0.1) is 24.1 Å². The molecule has 2 aromatic carbocycles. The summed E-state index contributed by atoms with van der Waals surface area (Å²) in [7, 11) is 1.59. The second kappa shape index (κ2) is 7.89. The minimum atomic E-state index is -0.497. The SMILES string of the molecule is COc1ccc(N=Nc2c(N)nn3c(-c4cc5cc(Br)ccc5oc4=O)ccnc23)cc1. The fourth-order valence-electron chi connectivity index (χ4n) is 3.28. The van der Waals surface area contributed by atoms with Crippen LogP contribution in [0.4, 0.5) is 17.2 Å². The van der Waals surface area contributed by atoms with Gasteiger partial charge in [-0.2, -0.15) is 5.11 Å². The summed E-state index contributed by atoms with van der Waals surface area (Å²) in [5.41, 5.74) is 8.17. The third-order valence-corrected chi connectivity index (χ3v) is 5.32. The zero-order valence-electron chi connectivity index (χ0n) is 16.7. The standard InChI is InChI=1S/C22H15BrN6O3/c1-31-15-5-3-14(4-6-15)26-27-19-20(24)28-29-17(8-9-25-21(19)29)16-11-12-10-13(23)2-7-18(12)32-22(16)30/h2-11H,1H3,(H2,24,28). The van der Waals surface area contributed by atoms with Crippen LogP contribution in [-0.2, 0) is 0 Å². The maximum atomic E-state index is 12.7. The van der Waals surface area contributed by atoms with E-state index >= 15 is 0 Å². The lowest BCUT2D eigenvalue weighted by Gasteiger charge is -2.05. The second-order valence-corrected chi connectivity index (χ2v) is 7.74. The first kappa shape index (κ1) is 19.9. The summed E-state index contributed by atoms with van der Waals surface area (Å²) in [4.78, 5) is 17.0. The van der Waals surface area contributed by atoms with Crippen LogP contribution in [0.5, 0.6) is 5.75 Å². The molecule has 0 bridgehead atoms. The van der Waals surface area contributed by atoms with E-state index in [1.54, 1.807) is 55.8 Å². The molecule has 0 unspecified atom stereocenters. The van der Waals surface area contributed by atoms with Crippen LogP contribution in [-0.4, -0.2) is 21.7 Å². The van der Waals surface area contributed by atoms with E-state index in [9.17, 15) is 4.79 Å². The number of hydrogen-bond donors (Lipinski definition) is 1. The van der Waals surface area contributed by atoms with Gasteiger partial charge in [-0.05, 0) is 54.6 Å². The number of hydrogen-bond acceptors (Lipinski definition) is 8. The van der Waals surface area contributed by atoms with E-state index < -0.39 is 5.63 Å². The van der Waals surface area contributed by atoms with Gasteiger partial charge in [0.15, 0.2) is 17.2 Å². The van der Waals surface area contributed by atoms with Crippen molar-refractivity contribution in [2.45, 2.75) is 0 Å². The zero-order chi connectivity index (χ0) is 22.2. The number of azo groups is 1. The lowest BCUT2D eigenvalue weighted by molar-refractivity contribution is 0.415. The van der Waals surface area contributed by atoms with Crippen molar-refractivity contribution in [3.8, 4) is 17.0 Å². The Morgan fingerprint density at radius 3 is 2.69 bits per heavy atom. The van der Waals surface area contributed by atoms with Crippen molar-refractivity contribution < 1.29 is 9.15 Å². The normalized spacial score (nSPS) is 11.6. The molecule has 0 aliphatic heterocycles. The molecule has 10 heteroatoms. The first-order chi connectivity index (χ1) is 15.5. The third kappa shape index (κ3) is 3.50. The number of benzene rings is 2. The number of ether oxygens (including phenoxy) is 1. The van der Waals surface area contributed by atoms with Crippen LogP contribution in [0.15, 0.2) is 84.7 Å². The Morgan fingerprint density at radius 1 is 1.09 bits per heavy atom. The number of halogens is 1. The molecule has 0 amide bonds. The molecule has 3 aromatic heterocycles. The fourth-order valence-corrected chi connectivity index (χ4v) is 3.66. The largest absolute Gasteiger partial charge is 0.497 e. The molecule has 9 nitrogen and oxygen atoms in total. The van der Waals surface area contributed by atoms with E-state index in [1.807, 2.05) is 12.1 Å². The summed E-state index contributed by atoms with van der Waals surface area (Å²) >= 11 is 3.44. The summed E-state index contributed by atoms with van der Waals surface area (Å²) in [5, 5.41) is 13.6. The van der Waals surface area contributed by atoms with Gasteiger partial charge in [0.2, 0.25) is 0 Å². The van der Waals surface area contributed by atoms with Crippen LogP contribution >= 0.6 is 15.9 Å². The van der Waals surface area contributed by atoms with Gasteiger partial charge in [-0.3, -0.25) is 0 Å². The maximum absolute atomic E-state index is 12.7. The van der Waals surface area contributed by atoms with Gasteiger partial charge in [-0.1, -0.05) is 15.9 Å². The molecule has 0 spiro atoms. The molecule has 32 heavy (non-hydrogen) atoms. The minimum Gasteiger partial charge on any atom is -0.497 e. The highest BCUT2D eigenvalue weighted by Crippen LogP contribution is 2.31. The maximum Gasteiger partial charge on any atom is 0.345 e. The molecule has 0 atom stereocenters. The number of nitrogen functional groups attached to an aromatic ring is 1. The van der Waals surface area contributed by atoms with Crippen molar-refractivity contribution in [2.75, 3.05) is 12.8 Å². The van der Waals surface area contributed by atoms with E-state index in [2.05, 4.69) is 36.2 Å². The van der Waals surface area contributed by atoms with Gasteiger partial charge in [0, 0.05) is 16.1 Å². The number of nitrogens with two attached hydrogens (primary N) is 1. The van der Waals surface area contributed by atoms with Crippen molar-refractivity contribution in [2.24, 2.45) is 10.2 Å². The van der Waals surface area contributed by atoms with Crippen LogP contribution in [0.1, 0.15) is 0 Å². The van der Waals surface area contributed by atoms with Crippen LogP contribution in [0.3, 0.4) is 0 Å². The predicted molar refractivity (Wildman–Crippen MR) is 124 cm³/mol. The molecule has 3 heterocycles. The Kier molecular flexibility index (Phi) is 4.91. The Balaban J connectivity index is 1.62. The predicted octanol–water partition coefficient (Wildman–Crippen LogP) is 5.27. The summed E-state index contributed by atoms with van der Waals surface area (Å²) in [5.74, 6) is 0.849. The first-order valence-electron chi connectivity index (χ1n) is 9.46. The molecule has 0 radical (unpaired) electrons. The number of fused-ring (bicyclic) bond motifs is 2. The summed E-state index contributed by atoms with van der Waals surface area (Å²) in [6, 6.07) is 15.9. The van der Waals surface area contributed by atoms with Gasteiger partial charge in [-0.15, -0.1) is 10.2 Å². The Morgan fingerprint density at radius 2 is 1.91 bits per heavy atom. The van der Waals surface area contributed by atoms with Crippen LogP contribution in [0.25, 0.3) is 27.9 Å². The van der Waals surface area contributed by atoms with E-state index in [-0.39, 0.29) is 5.82 Å². The monoisotopic (exact) mass is 490 g/mol. The smallest absolute Gasteiger partial charge is 0.345 e. The van der Waals surface area contributed by atoms with Gasteiger partial charge in [0.1, 0.15) is 11.3 Å². The average Bonchev–Trinajstić information content (AvgIpc) is 3.13. The molecular formula is C22H15BrN6O3. The van der Waals surface area contributed by atoms with E-state index in [0.29, 0.717) is 39.6 Å². The summed E-state index contributed by atoms with van der Waals surface area (Å²) in [6.07, 6.45) is 1.56. The molecule has 2 N–H and O–H groups in total. The molecule has 0 saturated carbocycles. The van der Waals surface area contributed by atoms with Gasteiger partial charge >= 0.3 is 5.63 Å². The van der Waals surface area contributed by atoms with Crippen molar-refractivity contribution >= 4 is 49.7 Å². The van der Waals surface area contributed by atoms with E-state index in [1.165, 1.54) is 4.52 Å². The molecule has 0 aliphatic carbocycles. The second-order valence-electron chi connectivity index (χ2n) is 6.83. The molecule has 5 rings (SSSR count). The van der Waals surface area contributed by atoms with Crippen molar-refractivity contribution in [3.63, 3.8) is 0 Å². The molecule has 0 saturated heterocycles. The number of methoxy groups -OCH3 is 1. The Labute approximate surface area is 189 Å². The van der Waals surface area contributed by atoms with Crippen LogP contribution < -0.4 is 16.1 Å². The fraction of sp³-hybridized carbons (Fsp3) is 0.0455. The van der Waals surface area contributed by atoms with Gasteiger partial charge < -0.3 is 14.9 Å². The number of aromatic nitrogens is 3. The van der Waals surface area contributed by atoms with Crippen molar-refractivity contribution in [3.05, 3.63) is 75.7 Å². The topological polar surface area (TPSA) is 120 Å². The van der Waals surface area contributed by atoms with Crippen LogP contribution in [0, 0.1) is 0 Å². The van der Waals surface area contributed by atoms with Crippen molar-refractivity contribution in [1.29, 1.82) is 0 Å². The molecule has 5 aromatic rings. The summed E-state index contributed by atoms with van der Waals surface area (Å²) < 4.78 is 13.0. The lowest BCUT2D eigenvalue weighted by atomic mass is 10.1. The highest BCUT2D eigenvalue weighted by atomic mass is 79.9. The first-order valence-corrected chi connectivity index (χ1v) is 10.3. The molecular weight excluding hydrogens is 476 g/mol. The third-order valence-electron chi connectivity index (χ3n) is 4.83. The average molecular weight is 491 g/mol. The molecule has 0 aliphatic rings.